The Morgan fingerprint density at radius 1 is 1.21 bits per heavy atom. The van der Waals surface area contributed by atoms with Crippen LogP contribution in [-0.4, -0.2) is 28.8 Å². The molecule has 6 heteroatoms. The number of hydrogen-bond acceptors (Lipinski definition) is 4. The maximum Gasteiger partial charge on any atom is 0.279 e. The highest BCUT2D eigenvalue weighted by Crippen LogP contribution is 2.34. The molecule has 3 amide bonds. The minimum atomic E-state index is -0.826. The minimum Gasteiger partial charge on any atom is -0.481 e. The standard InChI is InChI=1S/C18H20N2O4/c1-11-6-5-7-13(10-11)24-12(2)16(21)19-20-17(22)14-8-3-4-9-15(14)18(20)23/h3-7,10,12,14-15H,8-9H2,1-2H3,(H,19,21)/t12-,14-,15-/m1/s1. The second kappa shape index (κ2) is 6.47. The summed E-state index contributed by atoms with van der Waals surface area (Å²) in [6.45, 7) is 3.51. The summed E-state index contributed by atoms with van der Waals surface area (Å²) in [5.74, 6) is -1.37. The van der Waals surface area contributed by atoms with Crippen LogP contribution in [0, 0.1) is 18.8 Å². The van der Waals surface area contributed by atoms with Crippen molar-refractivity contribution in [2.24, 2.45) is 11.8 Å². The third kappa shape index (κ3) is 3.04. The molecular formula is C18H20N2O4. The second-order valence-corrected chi connectivity index (χ2v) is 6.22. The molecule has 0 radical (unpaired) electrons. The van der Waals surface area contributed by atoms with E-state index in [-0.39, 0.29) is 23.7 Å². The highest BCUT2D eigenvalue weighted by Gasteiger charge is 2.48. The van der Waals surface area contributed by atoms with Crippen molar-refractivity contribution in [2.45, 2.75) is 32.8 Å². The number of benzene rings is 1. The van der Waals surface area contributed by atoms with Gasteiger partial charge in [-0.3, -0.25) is 19.8 Å². The number of carbonyl (C=O) groups excluding carboxylic acids is 3. The van der Waals surface area contributed by atoms with Crippen LogP contribution in [0.4, 0.5) is 0 Å². The van der Waals surface area contributed by atoms with E-state index < -0.39 is 12.0 Å². The van der Waals surface area contributed by atoms with E-state index in [1.165, 1.54) is 0 Å². The van der Waals surface area contributed by atoms with Gasteiger partial charge < -0.3 is 4.74 Å². The molecule has 6 nitrogen and oxygen atoms in total. The fraction of sp³-hybridized carbons (Fsp3) is 0.389. The fourth-order valence-corrected chi connectivity index (χ4v) is 3.06. The van der Waals surface area contributed by atoms with Crippen molar-refractivity contribution in [1.82, 2.24) is 10.4 Å². The number of imide groups is 1. The van der Waals surface area contributed by atoms with Gasteiger partial charge in [-0.2, -0.15) is 5.01 Å². The SMILES string of the molecule is Cc1cccc(O[C@H](C)C(=O)NN2C(=O)[C@@H]3CC=CC[C@H]3C2=O)c1. The molecule has 1 saturated heterocycles. The van der Waals surface area contributed by atoms with Gasteiger partial charge in [-0.15, -0.1) is 0 Å². The molecule has 0 bridgehead atoms. The van der Waals surface area contributed by atoms with E-state index in [9.17, 15) is 14.4 Å². The predicted molar refractivity (Wildman–Crippen MR) is 86.6 cm³/mol. The number of aryl methyl sites for hydroxylation is 1. The Morgan fingerprint density at radius 3 is 2.42 bits per heavy atom. The summed E-state index contributed by atoms with van der Waals surface area (Å²) in [4.78, 5) is 36.9. The first kappa shape index (κ1) is 16.2. The molecule has 3 rings (SSSR count). The number of hydrazine groups is 1. The molecule has 0 spiro atoms. The number of carbonyl (C=O) groups is 3. The first-order valence-corrected chi connectivity index (χ1v) is 8.04. The van der Waals surface area contributed by atoms with Crippen LogP contribution in [0.25, 0.3) is 0 Å². The molecule has 1 heterocycles. The lowest BCUT2D eigenvalue weighted by Crippen LogP contribution is -2.50. The van der Waals surface area contributed by atoms with E-state index in [0.717, 1.165) is 10.6 Å². The smallest absolute Gasteiger partial charge is 0.279 e. The first-order valence-electron chi connectivity index (χ1n) is 8.04. The highest BCUT2D eigenvalue weighted by molar-refractivity contribution is 6.06. The van der Waals surface area contributed by atoms with Gasteiger partial charge in [0.05, 0.1) is 11.8 Å². The predicted octanol–water partition coefficient (Wildman–Crippen LogP) is 1.74. The molecule has 1 aromatic carbocycles. The normalized spacial score (nSPS) is 23.8. The summed E-state index contributed by atoms with van der Waals surface area (Å²) in [6.07, 6.45) is 4.06. The Morgan fingerprint density at radius 2 is 1.83 bits per heavy atom. The molecule has 1 aliphatic carbocycles. The van der Waals surface area contributed by atoms with Gasteiger partial charge in [0.15, 0.2) is 6.10 Å². The Hall–Kier alpha value is -2.63. The molecule has 126 valence electrons. The maximum absolute atomic E-state index is 12.3. The average molecular weight is 328 g/mol. The monoisotopic (exact) mass is 328 g/mol. The third-order valence-corrected chi connectivity index (χ3v) is 4.40. The Bertz CT molecular complexity index is 687. The van der Waals surface area contributed by atoms with Crippen LogP contribution in [0.1, 0.15) is 25.3 Å². The lowest BCUT2D eigenvalue weighted by Gasteiger charge is -2.20. The van der Waals surface area contributed by atoms with Gasteiger partial charge in [0.1, 0.15) is 5.75 Å². The topological polar surface area (TPSA) is 75.7 Å². The maximum atomic E-state index is 12.3. The van der Waals surface area contributed by atoms with Crippen LogP contribution < -0.4 is 10.2 Å². The van der Waals surface area contributed by atoms with E-state index in [1.807, 2.05) is 37.3 Å². The zero-order valence-electron chi connectivity index (χ0n) is 13.7. The molecule has 1 fully saturated rings. The van der Waals surface area contributed by atoms with Gasteiger partial charge in [-0.05, 0) is 44.4 Å². The van der Waals surface area contributed by atoms with E-state index in [1.54, 1.807) is 13.0 Å². The van der Waals surface area contributed by atoms with Crippen molar-refractivity contribution in [3.05, 3.63) is 42.0 Å². The largest absolute Gasteiger partial charge is 0.481 e. The zero-order chi connectivity index (χ0) is 17.3. The summed E-state index contributed by atoms with van der Waals surface area (Å²) >= 11 is 0. The number of amides is 3. The molecular weight excluding hydrogens is 308 g/mol. The average Bonchev–Trinajstić information content (AvgIpc) is 2.80. The molecule has 24 heavy (non-hydrogen) atoms. The van der Waals surface area contributed by atoms with Gasteiger partial charge >= 0.3 is 0 Å². The van der Waals surface area contributed by atoms with Crippen LogP contribution in [0.2, 0.25) is 0 Å². The number of fused-ring (bicyclic) bond motifs is 1. The third-order valence-electron chi connectivity index (χ3n) is 4.40. The Labute approximate surface area is 140 Å². The number of nitrogens with one attached hydrogen (secondary N) is 1. The van der Waals surface area contributed by atoms with Crippen LogP contribution in [0.5, 0.6) is 5.75 Å². The van der Waals surface area contributed by atoms with Crippen molar-refractivity contribution < 1.29 is 19.1 Å². The lowest BCUT2D eigenvalue weighted by molar-refractivity contribution is -0.151. The number of hydrogen-bond donors (Lipinski definition) is 1. The van der Waals surface area contributed by atoms with E-state index >= 15 is 0 Å². The lowest BCUT2D eigenvalue weighted by atomic mass is 9.85. The number of allylic oxidation sites excluding steroid dienone is 2. The van der Waals surface area contributed by atoms with Gasteiger partial charge in [0.25, 0.3) is 17.7 Å². The van der Waals surface area contributed by atoms with Gasteiger partial charge in [-0.25, -0.2) is 0 Å². The number of nitrogens with zero attached hydrogens (tertiary/aromatic N) is 1. The fourth-order valence-electron chi connectivity index (χ4n) is 3.06. The minimum absolute atomic E-state index is 0.342. The summed E-state index contributed by atoms with van der Waals surface area (Å²) in [7, 11) is 0. The summed E-state index contributed by atoms with van der Waals surface area (Å²) in [6, 6.07) is 7.33. The van der Waals surface area contributed by atoms with Crippen molar-refractivity contribution >= 4 is 17.7 Å². The van der Waals surface area contributed by atoms with Crippen LogP contribution >= 0.6 is 0 Å². The van der Waals surface area contributed by atoms with E-state index in [2.05, 4.69) is 5.43 Å². The van der Waals surface area contributed by atoms with Gasteiger partial charge in [-0.1, -0.05) is 24.3 Å². The number of ether oxygens (including phenoxy) is 1. The van der Waals surface area contributed by atoms with Gasteiger partial charge in [0, 0.05) is 0 Å². The van der Waals surface area contributed by atoms with Crippen LogP contribution in [0.3, 0.4) is 0 Å². The van der Waals surface area contributed by atoms with Crippen molar-refractivity contribution in [1.29, 1.82) is 0 Å². The van der Waals surface area contributed by atoms with E-state index in [0.29, 0.717) is 18.6 Å². The second-order valence-electron chi connectivity index (χ2n) is 6.22. The molecule has 2 aliphatic rings. The van der Waals surface area contributed by atoms with Crippen molar-refractivity contribution in [3.63, 3.8) is 0 Å². The zero-order valence-corrected chi connectivity index (χ0v) is 13.7. The van der Waals surface area contributed by atoms with Crippen LogP contribution in [-0.2, 0) is 14.4 Å². The van der Waals surface area contributed by atoms with Crippen LogP contribution in [0.15, 0.2) is 36.4 Å². The highest BCUT2D eigenvalue weighted by atomic mass is 16.5. The quantitative estimate of drug-likeness (QED) is 0.675. The molecule has 3 atom stereocenters. The van der Waals surface area contributed by atoms with Crippen molar-refractivity contribution in [2.75, 3.05) is 0 Å². The van der Waals surface area contributed by atoms with E-state index in [4.69, 9.17) is 4.74 Å². The molecule has 0 aromatic heterocycles. The summed E-state index contributed by atoms with van der Waals surface area (Å²) < 4.78 is 5.58. The molecule has 1 aliphatic heterocycles. The summed E-state index contributed by atoms with van der Waals surface area (Å²) in [5, 5.41) is 0.862. The first-order chi connectivity index (χ1) is 11.5. The molecule has 1 N–H and O–H groups in total. The van der Waals surface area contributed by atoms with Gasteiger partial charge in [0.2, 0.25) is 0 Å². The Kier molecular flexibility index (Phi) is 4.38. The number of rotatable bonds is 4. The molecule has 0 saturated carbocycles. The van der Waals surface area contributed by atoms with Crippen molar-refractivity contribution in [3.8, 4) is 5.75 Å². The molecule has 0 unspecified atom stereocenters. The molecule has 1 aromatic rings. The Balaban J connectivity index is 1.64. The summed E-state index contributed by atoms with van der Waals surface area (Å²) in [5.41, 5.74) is 3.43.